The molecule has 0 rings (SSSR count). The van der Waals surface area contributed by atoms with Crippen LogP contribution in [0.1, 0.15) is 18.5 Å². The Bertz CT molecular complexity index is 327. The second-order valence-electron chi connectivity index (χ2n) is 1.43. The van der Waals surface area contributed by atoms with Gasteiger partial charge < -0.3 is 49.8 Å². The second-order valence-corrected chi connectivity index (χ2v) is 1.43. The van der Waals surface area contributed by atoms with E-state index < -0.39 is 30.5 Å². The predicted octanol–water partition coefficient (Wildman–Crippen LogP) is -39.6. The van der Waals surface area contributed by atoms with Crippen molar-refractivity contribution in [3.63, 3.8) is 0 Å². The van der Waals surface area contributed by atoms with E-state index in [9.17, 15) is 0 Å². The fourth-order valence-corrected chi connectivity index (χ4v) is 0. The molecule has 0 heterocycles. The van der Waals surface area contributed by atoms with Crippen LogP contribution in [-0.4, -0.2) is 61.8 Å². The summed E-state index contributed by atoms with van der Waals surface area (Å²) in [5, 5.41) is 81.8. The van der Waals surface area contributed by atoms with Gasteiger partial charge in [0.25, 0.3) is 30.5 Å². The largest absolute Gasteiger partial charge is 1.00 e. The van der Waals surface area contributed by atoms with Crippen LogP contribution in [0.3, 0.4) is 0 Å². The third kappa shape index (κ3) is 1170. The van der Waals surface area contributed by atoms with Crippen molar-refractivity contribution in [1.82, 2.24) is 0 Å². The van der Waals surface area contributed by atoms with Gasteiger partial charge in [-0.1, -0.05) is 0 Å². The average Bonchev–Trinajstić information content (AvgIpc) is 2.08. The maximum atomic E-state index is 8.36. The minimum absolute atomic E-state index is 0. The summed E-state index contributed by atoms with van der Waals surface area (Å²) in [6.45, 7) is 0. The standard InChI is InChI=1S/6HNO3.13Na.13H/c6*2-1(3)4;;;;;;;;;;;;;;;;;;;;;;;;;;/h6*(H,2,3,4);;;;;;;;;;;;;;;;;;;;;;;;;;/q;;;;;;13*+1;13*-1. The predicted molar refractivity (Wildman–Crippen MR) is 67.1 cm³/mol. The van der Waals surface area contributed by atoms with Crippen LogP contribution in [0.15, 0.2) is 0 Å². The molecule has 0 unspecified atom stereocenters. The van der Waals surface area contributed by atoms with Gasteiger partial charge in [0.1, 0.15) is 0 Å². The van der Waals surface area contributed by atoms with Crippen molar-refractivity contribution in [2.45, 2.75) is 0 Å². The van der Waals surface area contributed by atoms with E-state index in [-0.39, 0.29) is 403 Å². The first-order valence-electron chi connectivity index (χ1n) is 3.39. The van der Waals surface area contributed by atoms with Crippen molar-refractivity contribution in [1.29, 1.82) is 0 Å². The molecule has 170 valence electrons. The normalized spacial score (nSPS) is 3.89. The van der Waals surface area contributed by atoms with Gasteiger partial charge in [-0.25, -0.2) is 0 Å². The van der Waals surface area contributed by atoms with Crippen molar-refractivity contribution in [2.75, 3.05) is 0 Å². The zero-order valence-corrected chi connectivity index (χ0v) is 49.3. The monoisotopic (exact) mass is 690 g/mol. The van der Waals surface area contributed by atoms with E-state index in [0.717, 1.165) is 0 Å². The molecule has 37 heteroatoms. The first-order chi connectivity index (χ1) is 10.4. The number of nitrogens with zero attached hydrogens (tertiary/aromatic N) is 6. The van der Waals surface area contributed by atoms with Gasteiger partial charge in [-0.3, -0.25) is 0 Å². The van der Waals surface area contributed by atoms with Crippen molar-refractivity contribution >= 4 is 0 Å². The van der Waals surface area contributed by atoms with Gasteiger partial charge >= 0.3 is 384 Å². The molecule has 0 aliphatic carbocycles. The summed E-state index contributed by atoms with van der Waals surface area (Å²) >= 11 is 0. The topological polar surface area (TPSA) is 380 Å². The van der Waals surface area contributed by atoms with Crippen molar-refractivity contribution in [3.05, 3.63) is 60.7 Å². The molecule has 0 radical (unpaired) electrons. The molecule has 0 aromatic heterocycles. The van der Waals surface area contributed by atoms with Crippen LogP contribution in [0.5, 0.6) is 0 Å². The zero-order valence-electron chi connectivity index (χ0n) is 36.3. The third-order valence-electron chi connectivity index (χ3n) is 0. The molecule has 0 saturated heterocycles. The van der Waals surface area contributed by atoms with Crippen LogP contribution in [0, 0.1) is 60.7 Å². The minimum atomic E-state index is -1.50. The van der Waals surface area contributed by atoms with E-state index in [4.69, 9.17) is 91.9 Å². The summed E-state index contributed by atoms with van der Waals surface area (Å²) in [6.07, 6.45) is 0. The van der Waals surface area contributed by atoms with Gasteiger partial charge in [-0.05, 0) is 0 Å². The van der Waals surface area contributed by atoms with Crippen molar-refractivity contribution in [2.24, 2.45) is 0 Å². The molecule has 0 atom stereocenters. The van der Waals surface area contributed by atoms with Gasteiger partial charge in [-0.2, -0.15) is 0 Å². The number of hydrogen-bond acceptors (Lipinski definition) is 12. The van der Waals surface area contributed by atoms with Crippen LogP contribution < -0.4 is 384 Å². The molecular formula is H19N6Na13O18. The summed E-state index contributed by atoms with van der Waals surface area (Å²) in [5.74, 6) is 0. The Hall–Kier alpha value is 8.20. The number of rotatable bonds is 0. The number of hydrogen-bond donors (Lipinski definition) is 6. The first-order valence-corrected chi connectivity index (χ1v) is 3.39. The second kappa shape index (κ2) is 120. The molecule has 24 nitrogen and oxygen atoms in total. The maximum Gasteiger partial charge on any atom is 1.00 e. The van der Waals surface area contributed by atoms with Crippen molar-refractivity contribution < 1.29 is 465 Å². The summed E-state index contributed by atoms with van der Waals surface area (Å²) in [4.78, 5) is 50.2. The van der Waals surface area contributed by atoms with Crippen molar-refractivity contribution in [3.8, 4) is 0 Å². The van der Waals surface area contributed by atoms with Crippen LogP contribution >= 0.6 is 0 Å². The summed E-state index contributed by atoms with van der Waals surface area (Å²) in [6, 6.07) is 0. The smallest absolute Gasteiger partial charge is 1.00 e. The first kappa shape index (κ1) is 129. The quantitative estimate of drug-likeness (QED) is 0.0780. The van der Waals surface area contributed by atoms with E-state index in [2.05, 4.69) is 0 Å². The molecule has 0 aliphatic rings. The Kier molecular flexibility index (Phi) is 418. The Morgan fingerprint density at radius 3 is 0.270 bits per heavy atom. The molecule has 0 aromatic carbocycles. The molecule has 0 amide bonds. The Labute approximate surface area is 512 Å². The van der Waals surface area contributed by atoms with Crippen LogP contribution in [0.2, 0.25) is 0 Å². The van der Waals surface area contributed by atoms with Gasteiger partial charge in [0, 0.05) is 0 Å². The SMILES string of the molecule is O=[N+]([O-])O.O=[N+]([O-])O.O=[N+]([O-])O.O=[N+]([O-])O.O=[N+]([O-])O.O=[N+]([O-])O.[H-].[H-].[H-].[H-].[H-].[H-].[H-].[H-].[H-].[H-].[H-].[H-].[H-].[Na+].[Na+].[Na+].[Na+].[Na+].[Na+].[Na+].[Na+].[Na+].[Na+].[Na+].[Na+].[Na+]. The molecule has 0 aliphatic heterocycles. The maximum absolute atomic E-state index is 8.36. The molecule has 0 saturated carbocycles. The molecule has 0 bridgehead atoms. The van der Waals surface area contributed by atoms with Gasteiger partial charge in [0.05, 0.1) is 0 Å². The van der Waals surface area contributed by atoms with Crippen LogP contribution in [0.4, 0.5) is 0 Å². The molecular weight excluding hydrogens is 671 g/mol. The average molecular weight is 690 g/mol. The zero-order chi connectivity index (χ0) is 21.5. The van der Waals surface area contributed by atoms with Gasteiger partial charge in [-0.15, -0.1) is 60.7 Å². The molecule has 37 heavy (non-hydrogen) atoms. The summed E-state index contributed by atoms with van der Waals surface area (Å²) in [7, 11) is 0. The third-order valence-corrected chi connectivity index (χ3v) is 0. The molecule has 6 N–H and O–H groups in total. The van der Waals surface area contributed by atoms with Gasteiger partial charge in [0.2, 0.25) is 0 Å². The van der Waals surface area contributed by atoms with Crippen LogP contribution in [0.25, 0.3) is 0 Å². The molecule has 0 aromatic rings. The van der Waals surface area contributed by atoms with E-state index in [0.29, 0.717) is 0 Å². The van der Waals surface area contributed by atoms with E-state index >= 15 is 0 Å². The molecule has 0 fully saturated rings. The van der Waals surface area contributed by atoms with Gasteiger partial charge in [0.15, 0.2) is 0 Å². The van der Waals surface area contributed by atoms with Crippen LogP contribution in [-0.2, 0) is 0 Å². The van der Waals surface area contributed by atoms with E-state index in [1.165, 1.54) is 0 Å². The molecule has 0 spiro atoms. The van der Waals surface area contributed by atoms with E-state index in [1.54, 1.807) is 0 Å². The Morgan fingerprint density at radius 1 is 0.270 bits per heavy atom. The van der Waals surface area contributed by atoms with E-state index in [1.807, 2.05) is 0 Å². The fourth-order valence-electron chi connectivity index (χ4n) is 0. The fraction of sp³-hybridized carbons (Fsp3) is 0. The minimum Gasteiger partial charge on any atom is -1.00 e. The Morgan fingerprint density at radius 2 is 0.270 bits per heavy atom. The summed E-state index contributed by atoms with van der Waals surface area (Å²) < 4.78 is 0. The Balaban J connectivity index is -0.00000000235. The summed E-state index contributed by atoms with van der Waals surface area (Å²) in [5.41, 5.74) is 0.